The van der Waals surface area contributed by atoms with Crippen molar-refractivity contribution in [2.75, 3.05) is 6.54 Å². The first-order chi connectivity index (χ1) is 12.0. The van der Waals surface area contributed by atoms with Gasteiger partial charge in [0.1, 0.15) is 6.54 Å². The van der Waals surface area contributed by atoms with E-state index in [9.17, 15) is 14.4 Å². The number of nitrogens with one attached hydrogen (secondary N) is 2. The molecule has 25 heavy (non-hydrogen) atoms. The molecule has 0 spiro atoms. The highest BCUT2D eigenvalue weighted by Gasteiger charge is 2.08. The van der Waals surface area contributed by atoms with Crippen LogP contribution in [-0.4, -0.2) is 27.0 Å². The van der Waals surface area contributed by atoms with Crippen molar-refractivity contribution in [2.45, 2.75) is 19.9 Å². The van der Waals surface area contributed by atoms with Gasteiger partial charge >= 0.3 is 5.69 Å². The van der Waals surface area contributed by atoms with Gasteiger partial charge in [-0.05, 0) is 25.5 Å². The van der Waals surface area contributed by atoms with E-state index >= 15 is 0 Å². The number of aromatic amines is 1. The van der Waals surface area contributed by atoms with Gasteiger partial charge in [0, 0.05) is 29.1 Å². The van der Waals surface area contributed by atoms with E-state index in [1.54, 1.807) is 22.7 Å². The molecule has 0 unspecified atom stereocenters. The molecule has 130 valence electrons. The lowest BCUT2D eigenvalue weighted by Gasteiger charge is -2.06. The van der Waals surface area contributed by atoms with E-state index in [4.69, 9.17) is 0 Å². The smallest absolute Gasteiger partial charge is 0.328 e. The number of H-pyrrole nitrogens is 1. The first-order valence-corrected chi connectivity index (χ1v) is 9.28. The largest absolute Gasteiger partial charge is 0.354 e. The first-order valence-electron chi connectivity index (χ1n) is 7.59. The summed E-state index contributed by atoms with van der Waals surface area (Å²) >= 11 is 3.28. The molecule has 0 bridgehead atoms. The second-order valence-electron chi connectivity index (χ2n) is 5.36. The number of aryl methyl sites for hydroxylation is 1. The van der Waals surface area contributed by atoms with Crippen molar-refractivity contribution in [3.05, 3.63) is 60.5 Å². The average Bonchev–Trinajstić information content (AvgIpc) is 3.19. The normalized spacial score (nSPS) is 10.8. The van der Waals surface area contributed by atoms with Gasteiger partial charge in [-0.15, -0.1) is 22.7 Å². The van der Waals surface area contributed by atoms with E-state index in [-0.39, 0.29) is 12.5 Å². The average molecular weight is 376 g/mol. The van der Waals surface area contributed by atoms with Crippen molar-refractivity contribution in [3.63, 3.8) is 0 Å². The highest BCUT2D eigenvalue weighted by Crippen LogP contribution is 2.29. The number of thiazole rings is 1. The first kappa shape index (κ1) is 17.3. The Labute approximate surface area is 151 Å². The van der Waals surface area contributed by atoms with Crippen molar-refractivity contribution in [1.29, 1.82) is 0 Å². The Balaban J connectivity index is 1.51. The lowest BCUT2D eigenvalue weighted by atomic mass is 10.3. The maximum atomic E-state index is 11.9. The minimum absolute atomic E-state index is 0.122. The fraction of sp³-hybridized carbons (Fsp3) is 0.250. The summed E-state index contributed by atoms with van der Waals surface area (Å²) in [7, 11) is 0. The van der Waals surface area contributed by atoms with Gasteiger partial charge in [-0.1, -0.05) is 0 Å². The van der Waals surface area contributed by atoms with Crippen molar-refractivity contribution in [2.24, 2.45) is 0 Å². The Morgan fingerprint density at radius 1 is 1.32 bits per heavy atom. The Morgan fingerprint density at radius 2 is 2.16 bits per heavy atom. The molecule has 7 nitrogen and oxygen atoms in total. The van der Waals surface area contributed by atoms with E-state index < -0.39 is 11.2 Å². The SMILES string of the molecule is Cc1nc(-c2ccc(CCNC(=O)Cn3ccc(=O)[nH]c3=O)s2)cs1. The zero-order chi connectivity index (χ0) is 17.8. The second-order valence-corrected chi connectivity index (χ2v) is 7.59. The van der Waals surface area contributed by atoms with Gasteiger partial charge in [0.15, 0.2) is 0 Å². The van der Waals surface area contributed by atoms with Gasteiger partial charge in [-0.3, -0.25) is 19.1 Å². The zero-order valence-electron chi connectivity index (χ0n) is 13.4. The van der Waals surface area contributed by atoms with Crippen LogP contribution in [0.4, 0.5) is 0 Å². The predicted molar refractivity (Wildman–Crippen MR) is 98.2 cm³/mol. The summed E-state index contributed by atoms with van der Waals surface area (Å²) in [5.41, 5.74) is -0.0881. The molecule has 9 heteroatoms. The van der Waals surface area contributed by atoms with Gasteiger partial charge in [0.05, 0.1) is 15.6 Å². The van der Waals surface area contributed by atoms with E-state index in [1.165, 1.54) is 12.3 Å². The Hall–Kier alpha value is -2.52. The summed E-state index contributed by atoms with van der Waals surface area (Å²) in [6.07, 6.45) is 2.02. The molecule has 0 aliphatic rings. The number of amides is 1. The summed E-state index contributed by atoms with van der Waals surface area (Å²) in [6.45, 7) is 2.34. The van der Waals surface area contributed by atoms with Crippen molar-refractivity contribution < 1.29 is 4.79 Å². The van der Waals surface area contributed by atoms with E-state index in [1.807, 2.05) is 24.4 Å². The quantitative estimate of drug-likeness (QED) is 0.679. The van der Waals surface area contributed by atoms with Gasteiger partial charge in [0.25, 0.3) is 5.56 Å². The molecule has 3 rings (SSSR count). The number of aromatic nitrogens is 3. The molecule has 0 radical (unpaired) electrons. The molecule has 1 amide bonds. The lowest BCUT2D eigenvalue weighted by Crippen LogP contribution is -2.36. The lowest BCUT2D eigenvalue weighted by molar-refractivity contribution is -0.121. The Morgan fingerprint density at radius 3 is 2.88 bits per heavy atom. The topological polar surface area (TPSA) is 96.8 Å². The third kappa shape index (κ3) is 4.52. The Bertz CT molecular complexity index is 999. The van der Waals surface area contributed by atoms with Crippen molar-refractivity contribution in [3.8, 4) is 10.6 Å². The molecule has 2 N–H and O–H groups in total. The minimum Gasteiger partial charge on any atom is -0.354 e. The summed E-state index contributed by atoms with van der Waals surface area (Å²) in [6, 6.07) is 5.28. The van der Waals surface area contributed by atoms with Crippen LogP contribution in [0.25, 0.3) is 10.6 Å². The Kier molecular flexibility index (Phi) is 5.25. The minimum atomic E-state index is -0.593. The van der Waals surface area contributed by atoms with Gasteiger partial charge in [-0.25, -0.2) is 9.78 Å². The van der Waals surface area contributed by atoms with Crippen LogP contribution in [0.3, 0.4) is 0 Å². The van der Waals surface area contributed by atoms with Crippen LogP contribution < -0.4 is 16.6 Å². The summed E-state index contributed by atoms with van der Waals surface area (Å²) in [5.74, 6) is -0.277. The van der Waals surface area contributed by atoms with Crippen LogP contribution in [0.2, 0.25) is 0 Å². The second kappa shape index (κ2) is 7.58. The number of hydrogen-bond acceptors (Lipinski definition) is 6. The van der Waals surface area contributed by atoms with E-state index in [0.717, 1.165) is 25.0 Å². The summed E-state index contributed by atoms with van der Waals surface area (Å²) in [4.78, 5) is 43.3. The molecule has 3 aromatic heterocycles. The van der Waals surface area contributed by atoms with Gasteiger partial charge < -0.3 is 5.32 Å². The van der Waals surface area contributed by atoms with Crippen molar-refractivity contribution >= 4 is 28.6 Å². The number of rotatable bonds is 6. The molecular weight excluding hydrogens is 360 g/mol. The van der Waals surface area contributed by atoms with Crippen LogP contribution >= 0.6 is 22.7 Å². The maximum absolute atomic E-state index is 11.9. The molecule has 0 saturated heterocycles. The molecule has 0 atom stereocenters. The monoisotopic (exact) mass is 376 g/mol. The molecule has 3 aromatic rings. The molecule has 0 aromatic carbocycles. The predicted octanol–water partition coefficient (Wildman–Crippen LogP) is 1.39. The van der Waals surface area contributed by atoms with Crippen LogP contribution in [0.15, 0.2) is 39.4 Å². The molecular formula is C16H16N4O3S2. The molecule has 3 heterocycles. The van der Waals surface area contributed by atoms with Crippen LogP contribution in [0, 0.1) is 6.92 Å². The van der Waals surface area contributed by atoms with Crippen LogP contribution in [-0.2, 0) is 17.8 Å². The number of carbonyl (C=O) groups is 1. The van der Waals surface area contributed by atoms with Crippen LogP contribution in [0.1, 0.15) is 9.88 Å². The standard InChI is InChI=1S/C16H16N4O3S2/c1-10-18-12(9-24-10)13-3-2-11(25-13)4-6-17-15(22)8-20-7-5-14(21)19-16(20)23/h2-3,5,7,9H,4,6,8H2,1H3,(H,17,22)(H,19,21,23). The number of hydrogen-bond donors (Lipinski definition) is 2. The maximum Gasteiger partial charge on any atom is 0.328 e. The van der Waals surface area contributed by atoms with E-state index in [0.29, 0.717) is 13.0 Å². The van der Waals surface area contributed by atoms with E-state index in [2.05, 4.69) is 15.3 Å². The number of nitrogens with zero attached hydrogens (tertiary/aromatic N) is 2. The summed E-state index contributed by atoms with van der Waals surface area (Å²) in [5, 5.41) is 5.85. The fourth-order valence-corrected chi connectivity index (χ4v) is 3.89. The molecule has 0 aliphatic carbocycles. The van der Waals surface area contributed by atoms with Gasteiger partial charge in [-0.2, -0.15) is 0 Å². The summed E-state index contributed by atoms with van der Waals surface area (Å²) < 4.78 is 1.16. The third-order valence-electron chi connectivity index (χ3n) is 3.44. The highest BCUT2D eigenvalue weighted by molar-refractivity contribution is 7.16. The van der Waals surface area contributed by atoms with Gasteiger partial charge in [0.2, 0.25) is 5.91 Å². The number of carbonyl (C=O) groups excluding carboxylic acids is 1. The molecule has 0 saturated carbocycles. The third-order valence-corrected chi connectivity index (χ3v) is 5.38. The fourth-order valence-electron chi connectivity index (χ4n) is 2.23. The molecule has 0 aliphatic heterocycles. The highest BCUT2D eigenvalue weighted by atomic mass is 32.1. The number of thiophene rings is 1. The van der Waals surface area contributed by atoms with Crippen LogP contribution in [0.5, 0.6) is 0 Å². The zero-order valence-corrected chi connectivity index (χ0v) is 15.1. The molecule has 0 fully saturated rings. The van der Waals surface area contributed by atoms with Crippen molar-refractivity contribution in [1.82, 2.24) is 19.9 Å².